The predicted molar refractivity (Wildman–Crippen MR) is 72.7 cm³/mol. The molecule has 0 saturated heterocycles. The Bertz CT molecular complexity index is 754. The van der Waals surface area contributed by atoms with Gasteiger partial charge in [0.05, 0.1) is 11.5 Å². The highest BCUT2D eigenvalue weighted by atomic mass is 35.5. The number of nitrogens with one attached hydrogen (secondary N) is 1. The maximum Gasteiger partial charge on any atom is 0.259 e. The molecule has 102 valence electrons. The molecule has 2 aromatic rings. The first-order chi connectivity index (χ1) is 8.77. The summed E-state index contributed by atoms with van der Waals surface area (Å²) in [6.45, 7) is 3.29. The Kier molecular flexibility index (Phi) is 3.57. The highest BCUT2D eigenvalue weighted by Crippen LogP contribution is 2.25. The van der Waals surface area contributed by atoms with Crippen molar-refractivity contribution < 1.29 is 8.42 Å². The van der Waals surface area contributed by atoms with Crippen molar-refractivity contribution in [3.05, 3.63) is 16.7 Å². The van der Waals surface area contributed by atoms with Gasteiger partial charge in [-0.3, -0.25) is 4.40 Å². The molecule has 0 saturated carbocycles. The van der Waals surface area contributed by atoms with Crippen molar-refractivity contribution in [2.75, 3.05) is 6.54 Å². The van der Waals surface area contributed by atoms with Crippen molar-refractivity contribution in [2.24, 2.45) is 5.41 Å². The zero-order chi connectivity index (χ0) is 14.3. The minimum absolute atomic E-state index is 0.000464. The minimum atomic E-state index is -3.81. The fourth-order valence-electron chi connectivity index (χ4n) is 1.36. The van der Waals surface area contributed by atoms with Gasteiger partial charge in [-0.05, 0) is 13.8 Å². The minimum Gasteiger partial charge on any atom is -0.279 e. The van der Waals surface area contributed by atoms with Crippen LogP contribution in [0.1, 0.15) is 13.8 Å². The molecule has 0 fully saturated rings. The van der Waals surface area contributed by atoms with E-state index in [9.17, 15) is 8.42 Å². The van der Waals surface area contributed by atoms with Gasteiger partial charge in [-0.25, -0.2) is 18.1 Å². The van der Waals surface area contributed by atoms with Gasteiger partial charge < -0.3 is 0 Å². The van der Waals surface area contributed by atoms with E-state index < -0.39 is 15.4 Å². The average Bonchev–Trinajstić information content (AvgIpc) is 2.86. The molecule has 1 N–H and O–H groups in total. The number of nitrogens with zero attached hydrogens (tertiary/aromatic N) is 3. The summed E-state index contributed by atoms with van der Waals surface area (Å²) in [6, 6.07) is 2.03. The van der Waals surface area contributed by atoms with Crippen molar-refractivity contribution in [1.82, 2.24) is 14.1 Å². The number of halogens is 1. The molecule has 0 atom stereocenters. The Balaban J connectivity index is 2.38. The number of sulfonamides is 1. The van der Waals surface area contributed by atoms with Crippen LogP contribution >= 0.6 is 22.9 Å². The van der Waals surface area contributed by atoms with E-state index in [-0.39, 0.29) is 16.7 Å². The molecule has 0 aliphatic heterocycles. The van der Waals surface area contributed by atoms with E-state index in [0.717, 1.165) is 0 Å². The molecule has 0 aliphatic rings. The number of rotatable bonds is 4. The molecule has 9 heteroatoms. The SMILES string of the molecule is CC(C)(C#N)CNS(=O)(=O)c1c(Cl)nc2sccn12. The van der Waals surface area contributed by atoms with E-state index in [0.29, 0.717) is 4.96 Å². The van der Waals surface area contributed by atoms with Crippen LogP contribution in [-0.4, -0.2) is 24.3 Å². The number of hydrogen-bond acceptors (Lipinski definition) is 5. The summed E-state index contributed by atoms with van der Waals surface area (Å²) in [7, 11) is -3.81. The topological polar surface area (TPSA) is 87.3 Å². The van der Waals surface area contributed by atoms with Crippen molar-refractivity contribution in [1.29, 1.82) is 5.26 Å². The van der Waals surface area contributed by atoms with Crippen molar-refractivity contribution in [3.63, 3.8) is 0 Å². The number of aromatic nitrogens is 2. The molecule has 0 radical (unpaired) electrons. The third kappa shape index (κ3) is 2.74. The predicted octanol–water partition coefficient (Wildman–Crippen LogP) is 1.88. The molecule has 0 spiro atoms. The Morgan fingerprint density at radius 2 is 2.32 bits per heavy atom. The van der Waals surface area contributed by atoms with E-state index in [1.807, 2.05) is 6.07 Å². The fraction of sp³-hybridized carbons (Fsp3) is 0.400. The summed E-state index contributed by atoms with van der Waals surface area (Å²) in [5.74, 6) is 0. The molecule has 0 unspecified atom stereocenters. The lowest BCUT2D eigenvalue weighted by molar-refractivity contribution is 0.478. The third-order valence-corrected chi connectivity index (χ3v) is 5.00. The van der Waals surface area contributed by atoms with Crippen LogP contribution in [0.25, 0.3) is 4.96 Å². The normalized spacial score (nSPS) is 12.7. The maximum atomic E-state index is 12.2. The molecule has 0 amide bonds. The first kappa shape index (κ1) is 14.3. The molecular weight excluding hydrogens is 308 g/mol. The molecule has 0 aliphatic carbocycles. The number of thiazole rings is 1. The first-order valence-corrected chi connectivity index (χ1v) is 8.03. The van der Waals surface area contributed by atoms with Crippen molar-refractivity contribution in [3.8, 4) is 6.07 Å². The second-order valence-corrected chi connectivity index (χ2v) is 7.50. The first-order valence-electron chi connectivity index (χ1n) is 5.29. The maximum absolute atomic E-state index is 12.2. The van der Waals surface area contributed by atoms with Crippen LogP contribution in [0, 0.1) is 16.7 Å². The van der Waals surface area contributed by atoms with Crippen LogP contribution in [0.15, 0.2) is 16.6 Å². The average molecular weight is 319 g/mol. The van der Waals surface area contributed by atoms with Gasteiger partial charge in [-0.2, -0.15) is 5.26 Å². The lowest BCUT2D eigenvalue weighted by Crippen LogP contribution is -2.33. The second-order valence-electron chi connectivity index (χ2n) is 4.58. The van der Waals surface area contributed by atoms with E-state index >= 15 is 0 Å². The molecular formula is C10H11ClN4O2S2. The zero-order valence-corrected chi connectivity index (χ0v) is 12.6. The molecule has 0 aromatic carbocycles. The van der Waals surface area contributed by atoms with Crippen LogP contribution < -0.4 is 4.72 Å². The van der Waals surface area contributed by atoms with Gasteiger partial charge in [0.15, 0.2) is 15.1 Å². The van der Waals surface area contributed by atoms with Gasteiger partial charge in [-0.1, -0.05) is 11.6 Å². The Morgan fingerprint density at radius 3 is 2.95 bits per heavy atom. The largest absolute Gasteiger partial charge is 0.279 e. The highest BCUT2D eigenvalue weighted by molar-refractivity contribution is 7.89. The van der Waals surface area contributed by atoms with Gasteiger partial charge >= 0.3 is 0 Å². The summed E-state index contributed by atoms with van der Waals surface area (Å²) < 4.78 is 28.3. The molecule has 2 heterocycles. The van der Waals surface area contributed by atoms with Gasteiger partial charge in [0, 0.05) is 18.1 Å². The lowest BCUT2D eigenvalue weighted by atomic mass is 9.97. The van der Waals surface area contributed by atoms with Crippen LogP contribution in [-0.2, 0) is 10.0 Å². The summed E-state index contributed by atoms with van der Waals surface area (Å²) >= 11 is 7.16. The summed E-state index contributed by atoms with van der Waals surface area (Å²) in [5.41, 5.74) is -0.794. The third-order valence-electron chi connectivity index (χ3n) is 2.44. The van der Waals surface area contributed by atoms with Crippen molar-refractivity contribution >= 4 is 37.9 Å². The van der Waals surface area contributed by atoms with Crippen LogP contribution in [0.3, 0.4) is 0 Å². The fourth-order valence-corrected chi connectivity index (χ4v) is 4.02. The van der Waals surface area contributed by atoms with Crippen LogP contribution in [0.5, 0.6) is 0 Å². The summed E-state index contributed by atoms with van der Waals surface area (Å²) in [5, 5.41) is 10.4. The Hall–Kier alpha value is -1.14. The number of fused-ring (bicyclic) bond motifs is 1. The molecule has 0 bridgehead atoms. The van der Waals surface area contributed by atoms with Gasteiger partial charge in [0.25, 0.3) is 10.0 Å². The van der Waals surface area contributed by atoms with Crippen LogP contribution in [0.4, 0.5) is 0 Å². The molecule has 2 rings (SSSR count). The van der Waals surface area contributed by atoms with E-state index in [4.69, 9.17) is 16.9 Å². The van der Waals surface area contributed by atoms with E-state index in [2.05, 4.69) is 9.71 Å². The highest BCUT2D eigenvalue weighted by Gasteiger charge is 2.27. The van der Waals surface area contributed by atoms with Crippen LogP contribution in [0.2, 0.25) is 5.15 Å². The Labute approximate surface area is 119 Å². The standard InChI is InChI=1S/C10H11ClN4O2S2/c1-10(2,5-12)6-13-19(16,17)8-7(11)14-9-15(8)3-4-18-9/h3-4,13H,6H2,1-2H3. The molecule has 6 nitrogen and oxygen atoms in total. The smallest absolute Gasteiger partial charge is 0.259 e. The van der Waals surface area contributed by atoms with Crippen molar-refractivity contribution in [2.45, 2.75) is 18.9 Å². The molecule has 19 heavy (non-hydrogen) atoms. The number of hydrogen-bond donors (Lipinski definition) is 1. The second kappa shape index (κ2) is 4.76. The molecule has 2 aromatic heterocycles. The number of imidazole rings is 1. The van der Waals surface area contributed by atoms with Gasteiger partial charge in [0.2, 0.25) is 0 Å². The monoisotopic (exact) mass is 318 g/mol. The van der Waals surface area contributed by atoms with E-state index in [1.54, 1.807) is 25.4 Å². The quantitative estimate of drug-likeness (QED) is 0.932. The summed E-state index contributed by atoms with van der Waals surface area (Å²) in [6.07, 6.45) is 1.59. The summed E-state index contributed by atoms with van der Waals surface area (Å²) in [4.78, 5) is 4.47. The Morgan fingerprint density at radius 1 is 1.63 bits per heavy atom. The zero-order valence-electron chi connectivity index (χ0n) is 10.2. The lowest BCUT2D eigenvalue weighted by Gasteiger charge is -2.15. The number of nitriles is 1. The van der Waals surface area contributed by atoms with Gasteiger partial charge in [0.1, 0.15) is 0 Å². The van der Waals surface area contributed by atoms with Gasteiger partial charge in [-0.15, -0.1) is 11.3 Å². The van der Waals surface area contributed by atoms with E-state index in [1.165, 1.54) is 15.7 Å².